The minimum atomic E-state index is -1.59. The van der Waals surface area contributed by atoms with Crippen LogP contribution < -0.4 is 10.6 Å². The third-order valence-electron chi connectivity index (χ3n) is 3.24. The first-order valence-corrected chi connectivity index (χ1v) is 6.96. The van der Waals surface area contributed by atoms with Crippen molar-refractivity contribution < 1.29 is 27.5 Å². The molecule has 0 heterocycles. The summed E-state index contributed by atoms with van der Waals surface area (Å²) < 4.78 is 53.3. The van der Waals surface area contributed by atoms with Gasteiger partial charge in [0.1, 0.15) is 29.4 Å². The van der Waals surface area contributed by atoms with Gasteiger partial charge in [0.15, 0.2) is 0 Å². The van der Waals surface area contributed by atoms with E-state index in [1.54, 1.807) is 0 Å². The molecule has 24 heavy (non-hydrogen) atoms. The van der Waals surface area contributed by atoms with Crippen LogP contribution >= 0.6 is 0 Å². The van der Waals surface area contributed by atoms with Gasteiger partial charge in [0.05, 0.1) is 5.56 Å². The molecular formula is C16H14F4N2O2. The molecule has 0 aliphatic rings. The highest BCUT2D eigenvalue weighted by Crippen LogP contribution is 2.19. The number of aliphatic hydroxyl groups excluding tert-OH is 1. The third-order valence-corrected chi connectivity index (χ3v) is 3.24. The van der Waals surface area contributed by atoms with Gasteiger partial charge in [-0.3, -0.25) is 0 Å². The number of carbonyl (C=O) groups is 1. The van der Waals surface area contributed by atoms with E-state index in [4.69, 9.17) is 0 Å². The molecule has 2 aromatic carbocycles. The van der Waals surface area contributed by atoms with Crippen molar-refractivity contribution in [1.29, 1.82) is 0 Å². The molecule has 128 valence electrons. The topological polar surface area (TPSA) is 61.4 Å². The van der Waals surface area contributed by atoms with Gasteiger partial charge in [-0.1, -0.05) is 6.07 Å². The molecule has 2 amide bonds. The summed E-state index contributed by atoms with van der Waals surface area (Å²) in [5.41, 5.74) is -0.625. The predicted octanol–water partition coefficient (Wildman–Crippen LogP) is 2.78. The first-order valence-electron chi connectivity index (χ1n) is 6.96. The largest absolute Gasteiger partial charge is 0.386 e. The summed E-state index contributed by atoms with van der Waals surface area (Å²) in [6, 6.07) is 5.10. The fourth-order valence-corrected chi connectivity index (χ4v) is 2.04. The zero-order valence-corrected chi connectivity index (χ0v) is 12.3. The average Bonchev–Trinajstić information content (AvgIpc) is 2.53. The lowest BCUT2D eigenvalue weighted by atomic mass is 10.1. The maximum Gasteiger partial charge on any atom is 0.315 e. The van der Waals surface area contributed by atoms with E-state index in [0.29, 0.717) is 0 Å². The van der Waals surface area contributed by atoms with Gasteiger partial charge in [-0.2, -0.15) is 0 Å². The number of benzene rings is 2. The van der Waals surface area contributed by atoms with E-state index < -0.39 is 47.5 Å². The van der Waals surface area contributed by atoms with Crippen molar-refractivity contribution in [2.75, 3.05) is 6.54 Å². The Morgan fingerprint density at radius 3 is 2.33 bits per heavy atom. The lowest BCUT2D eigenvalue weighted by molar-refractivity contribution is 0.164. The summed E-state index contributed by atoms with van der Waals surface area (Å²) in [6.07, 6.45) is -1.59. The molecule has 0 spiro atoms. The Morgan fingerprint density at radius 2 is 1.67 bits per heavy atom. The van der Waals surface area contributed by atoms with Crippen LogP contribution in [0.4, 0.5) is 22.4 Å². The Hall–Kier alpha value is -2.61. The first kappa shape index (κ1) is 17.7. The number of hydrogen-bond donors (Lipinski definition) is 3. The zero-order chi connectivity index (χ0) is 17.7. The second-order valence-electron chi connectivity index (χ2n) is 4.95. The maximum atomic E-state index is 13.5. The molecule has 4 nitrogen and oxygen atoms in total. The van der Waals surface area contributed by atoms with Crippen LogP contribution in [-0.4, -0.2) is 17.7 Å². The van der Waals surface area contributed by atoms with Crippen LogP contribution in [0.25, 0.3) is 0 Å². The molecule has 2 rings (SSSR count). The number of urea groups is 1. The van der Waals surface area contributed by atoms with Gasteiger partial charge in [0.25, 0.3) is 0 Å². The van der Waals surface area contributed by atoms with Crippen LogP contribution in [0.2, 0.25) is 0 Å². The van der Waals surface area contributed by atoms with Crippen molar-refractivity contribution >= 4 is 6.03 Å². The van der Waals surface area contributed by atoms with Gasteiger partial charge >= 0.3 is 6.03 Å². The lowest BCUT2D eigenvalue weighted by Crippen LogP contribution is -2.37. The Bertz CT molecular complexity index is 720. The van der Waals surface area contributed by atoms with Crippen LogP contribution in [0.15, 0.2) is 36.4 Å². The number of carbonyl (C=O) groups excluding carboxylic acids is 1. The molecule has 2 aromatic rings. The van der Waals surface area contributed by atoms with E-state index >= 15 is 0 Å². The van der Waals surface area contributed by atoms with Crippen molar-refractivity contribution in [3.8, 4) is 0 Å². The minimum Gasteiger partial charge on any atom is -0.386 e. The molecule has 0 aliphatic carbocycles. The second-order valence-corrected chi connectivity index (χ2v) is 4.95. The number of rotatable bonds is 5. The third kappa shape index (κ3) is 4.45. The van der Waals surface area contributed by atoms with Crippen molar-refractivity contribution in [3.05, 3.63) is 70.8 Å². The van der Waals surface area contributed by atoms with E-state index in [2.05, 4.69) is 10.6 Å². The van der Waals surface area contributed by atoms with Crippen molar-refractivity contribution in [1.82, 2.24) is 10.6 Å². The lowest BCUT2D eigenvalue weighted by Gasteiger charge is -2.14. The summed E-state index contributed by atoms with van der Waals surface area (Å²) in [6.45, 7) is -0.755. The highest BCUT2D eigenvalue weighted by molar-refractivity contribution is 5.73. The summed E-state index contributed by atoms with van der Waals surface area (Å²) in [7, 11) is 0. The van der Waals surface area contributed by atoms with E-state index in [1.807, 2.05) is 0 Å². The zero-order valence-electron chi connectivity index (χ0n) is 12.3. The molecule has 0 aliphatic heterocycles. The summed E-state index contributed by atoms with van der Waals surface area (Å²) in [5, 5.41) is 14.2. The van der Waals surface area contributed by atoms with Crippen LogP contribution in [0.5, 0.6) is 0 Å². The number of hydrogen-bond acceptors (Lipinski definition) is 2. The number of nitrogens with one attached hydrogen (secondary N) is 2. The first-order chi connectivity index (χ1) is 11.4. The van der Waals surface area contributed by atoms with E-state index in [1.165, 1.54) is 0 Å². The molecule has 8 heteroatoms. The molecule has 1 atom stereocenters. The highest BCUT2D eigenvalue weighted by atomic mass is 19.1. The number of aliphatic hydroxyl groups is 1. The normalized spacial score (nSPS) is 11.9. The highest BCUT2D eigenvalue weighted by Gasteiger charge is 2.18. The number of amides is 2. The molecule has 0 saturated heterocycles. The fourth-order valence-electron chi connectivity index (χ4n) is 2.04. The SMILES string of the molecule is O=C(NCc1cc(F)ccc1F)NCC(O)c1c(F)cccc1F. The van der Waals surface area contributed by atoms with Crippen LogP contribution in [-0.2, 0) is 6.54 Å². The quantitative estimate of drug-likeness (QED) is 0.732. The van der Waals surface area contributed by atoms with Crippen LogP contribution in [0, 0.1) is 23.3 Å². The van der Waals surface area contributed by atoms with Crippen LogP contribution in [0.3, 0.4) is 0 Å². The number of halogens is 4. The summed E-state index contributed by atoms with van der Waals surface area (Å²) >= 11 is 0. The Morgan fingerprint density at radius 1 is 1.00 bits per heavy atom. The Labute approximate surface area is 135 Å². The Balaban J connectivity index is 1.88. The van der Waals surface area contributed by atoms with Gasteiger partial charge < -0.3 is 15.7 Å². The maximum absolute atomic E-state index is 13.5. The van der Waals surface area contributed by atoms with E-state index in [9.17, 15) is 27.5 Å². The van der Waals surface area contributed by atoms with Crippen molar-refractivity contribution in [2.45, 2.75) is 12.6 Å². The molecule has 0 radical (unpaired) electrons. The van der Waals surface area contributed by atoms with Gasteiger partial charge in [-0.25, -0.2) is 22.4 Å². The fraction of sp³-hybridized carbons (Fsp3) is 0.188. The predicted molar refractivity (Wildman–Crippen MR) is 77.9 cm³/mol. The average molecular weight is 342 g/mol. The Kier molecular flexibility index (Phi) is 5.75. The van der Waals surface area contributed by atoms with Gasteiger partial charge in [-0.05, 0) is 30.3 Å². The van der Waals surface area contributed by atoms with E-state index in [0.717, 1.165) is 36.4 Å². The summed E-state index contributed by atoms with van der Waals surface area (Å²) in [4.78, 5) is 11.6. The molecule has 0 bridgehead atoms. The van der Waals surface area contributed by atoms with Gasteiger partial charge in [-0.15, -0.1) is 0 Å². The monoisotopic (exact) mass is 342 g/mol. The van der Waals surface area contributed by atoms with Crippen molar-refractivity contribution in [2.24, 2.45) is 0 Å². The van der Waals surface area contributed by atoms with Gasteiger partial charge in [0.2, 0.25) is 0 Å². The molecule has 1 unspecified atom stereocenters. The minimum absolute atomic E-state index is 0.0640. The molecule has 0 saturated carbocycles. The van der Waals surface area contributed by atoms with Crippen molar-refractivity contribution in [3.63, 3.8) is 0 Å². The molecular weight excluding hydrogens is 328 g/mol. The smallest absolute Gasteiger partial charge is 0.315 e. The second kappa shape index (κ2) is 7.78. The van der Waals surface area contributed by atoms with Crippen LogP contribution in [0.1, 0.15) is 17.2 Å². The molecule has 0 aromatic heterocycles. The standard InChI is InChI=1S/C16H14F4N2O2/c17-10-4-5-11(18)9(6-10)7-21-16(24)22-8-14(23)15-12(19)2-1-3-13(15)20/h1-6,14,23H,7-8H2,(H2,21,22,24). The van der Waals surface area contributed by atoms with Gasteiger partial charge in [0, 0.05) is 18.7 Å². The van der Waals surface area contributed by atoms with E-state index in [-0.39, 0.29) is 12.1 Å². The molecule has 0 fully saturated rings. The summed E-state index contributed by atoms with van der Waals surface area (Å²) in [5.74, 6) is -3.22. The molecule has 3 N–H and O–H groups in total.